The molecule has 1 unspecified atom stereocenters. The molecular formula is C36H49FN2O2. The van der Waals surface area contributed by atoms with Crippen molar-refractivity contribution in [3.63, 3.8) is 0 Å². The number of aliphatic imine (C=N–C) groups is 1. The molecule has 1 fully saturated rings. The quantitative estimate of drug-likeness (QED) is 0.279. The molecule has 1 saturated heterocycles. The lowest BCUT2D eigenvalue weighted by atomic mass is 9.95. The summed E-state index contributed by atoms with van der Waals surface area (Å²) < 4.78 is 13.3. The van der Waals surface area contributed by atoms with Crippen LogP contribution in [0.4, 0.5) is 10.1 Å². The molecule has 0 amide bonds. The van der Waals surface area contributed by atoms with Crippen LogP contribution in [0.1, 0.15) is 79.2 Å². The zero-order valence-corrected chi connectivity index (χ0v) is 25.9. The van der Waals surface area contributed by atoms with Crippen molar-refractivity contribution >= 4 is 17.2 Å². The number of phenolic OH excluding ortho intramolecular Hbond substituents is 1. The fourth-order valence-corrected chi connectivity index (χ4v) is 4.95. The van der Waals surface area contributed by atoms with Gasteiger partial charge in [0.25, 0.3) is 0 Å². The average Bonchev–Trinajstić information content (AvgIpc) is 2.94. The number of aromatic hydroxyl groups is 1. The number of para-hydroxylation sites is 1. The van der Waals surface area contributed by atoms with Crippen LogP contribution >= 0.6 is 0 Å². The summed E-state index contributed by atoms with van der Waals surface area (Å²) in [6.45, 7) is 16.4. The second-order valence-electron chi connectivity index (χ2n) is 11.3. The molecule has 41 heavy (non-hydrogen) atoms. The smallest absolute Gasteiger partial charge is 0.129 e. The van der Waals surface area contributed by atoms with E-state index in [2.05, 4.69) is 30.7 Å². The molecule has 0 aromatic heterocycles. The van der Waals surface area contributed by atoms with Gasteiger partial charge in [0.15, 0.2) is 0 Å². The number of hydrogen-bond donors (Lipinski definition) is 1. The first-order chi connectivity index (χ1) is 19.6. The van der Waals surface area contributed by atoms with Crippen LogP contribution in [0.25, 0.3) is 11.1 Å². The third-order valence-corrected chi connectivity index (χ3v) is 7.02. The zero-order chi connectivity index (χ0) is 30.2. The Balaban J connectivity index is 0.000000272. The maximum Gasteiger partial charge on any atom is 0.129 e. The van der Waals surface area contributed by atoms with Crippen LogP contribution in [0.15, 0.2) is 77.8 Å². The summed E-state index contributed by atoms with van der Waals surface area (Å²) in [6, 6.07) is 21.2. The minimum Gasteiger partial charge on any atom is -0.507 e. The molecule has 5 heteroatoms. The average molecular weight is 561 g/mol. The van der Waals surface area contributed by atoms with Gasteiger partial charge in [-0.3, -0.25) is 4.99 Å². The number of halogens is 1. The molecule has 0 radical (unpaired) electrons. The topological polar surface area (TPSA) is 52.9 Å². The number of rotatable bonds is 8. The van der Waals surface area contributed by atoms with Gasteiger partial charge in [-0.15, -0.1) is 0 Å². The molecule has 3 aromatic carbocycles. The Morgan fingerprint density at radius 1 is 1.00 bits per heavy atom. The van der Waals surface area contributed by atoms with Gasteiger partial charge in [0.05, 0.1) is 5.69 Å². The Kier molecular flexibility index (Phi) is 15.0. The number of benzene rings is 3. The number of phenols is 1. The summed E-state index contributed by atoms with van der Waals surface area (Å²) in [5, 5.41) is 9.86. The molecule has 1 N–H and O–H groups in total. The lowest BCUT2D eigenvalue weighted by molar-refractivity contribution is -0.117. The molecule has 4 nitrogen and oxygen atoms in total. The van der Waals surface area contributed by atoms with E-state index in [-0.39, 0.29) is 17.3 Å². The van der Waals surface area contributed by atoms with Crippen molar-refractivity contribution in [2.45, 2.75) is 73.6 Å². The van der Waals surface area contributed by atoms with Gasteiger partial charge in [-0.1, -0.05) is 70.5 Å². The number of hydrogen-bond acceptors (Lipinski definition) is 4. The number of carbonyl (C=O) groups excluding carboxylic acids is 1. The van der Waals surface area contributed by atoms with E-state index in [0.29, 0.717) is 5.56 Å². The summed E-state index contributed by atoms with van der Waals surface area (Å²) >= 11 is 0. The normalized spacial score (nSPS) is 15.4. The van der Waals surface area contributed by atoms with Crippen LogP contribution in [-0.2, 0) is 4.79 Å². The fraction of sp³-hybridized carbons (Fsp3) is 0.444. The van der Waals surface area contributed by atoms with Crippen molar-refractivity contribution in [1.29, 1.82) is 0 Å². The molecular weight excluding hydrogens is 511 g/mol. The van der Waals surface area contributed by atoms with Crippen LogP contribution in [0.5, 0.6) is 5.75 Å². The van der Waals surface area contributed by atoms with Crippen molar-refractivity contribution in [1.82, 2.24) is 4.90 Å². The lowest BCUT2D eigenvalue weighted by Crippen LogP contribution is -2.37. The van der Waals surface area contributed by atoms with Gasteiger partial charge in [0, 0.05) is 30.8 Å². The van der Waals surface area contributed by atoms with Crippen LogP contribution in [0.3, 0.4) is 0 Å². The number of likely N-dealkylation sites (tertiary alicyclic amines) is 1. The molecule has 0 saturated carbocycles. The van der Waals surface area contributed by atoms with Crippen LogP contribution < -0.4 is 0 Å². The van der Waals surface area contributed by atoms with Crippen LogP contribution in [0, 0.1) is 17.7 Å². The molecule has 1 atom stereocenters. The van der Waals surface area contributed by atoms with Gasteiger partial charge < -0.3 is 14.8 Å². The predicted octanol–water partition coefficient (Wildman–Crippen LogP) is 9.48. The van der Waals surface area contributed by atoms with E-state index in [1.165, 1.54) is 51.0 Å². The number of Topliss-reactive ketones (excluding diaryl/α,β-unsaturated/α-hetero) is 1. The highest BCUT2D eigenvalue weighted by Crippen LogP contribution is 2.25. The highest BCUT2D eigenvalue weighted by atomic mass is 19.1. The third-order valence-electron chi connectivity index (χ3n) is 7.02. The van der Waals surface area contributed by atoms with Gasteiger partial charge in [-0.2, -0.15) is 0 Å². The van der Waals surface area contributed by atoms with Gasteiger partial charge >= 0.3 is 0 Å². The highest BCUT2D eigenvalue weighted by Gasteiger charge is 2.18. The summed E-state index contributed by atoms with van der Waals surface area (Å²) in [5.74, 6) is 2.07. The number of ketones is 1. The number of piperidine rings is 1. The Hall–Kier alpha value is -3.31. The zero-order valence-electron chi connectivity index (χ0n) is 25.9. The number of carbonyl (C=O) groups is 1. The van der Waals surface area contributed by atoms with Gasteiger partial charge in [0.1, 0.15) is 17.3 Å². The summed E-state index contributed by atoms with van der Waals surface area (Å²) in [5.41, 5.74) is 4.00. The van der Waals surface area contributed by atoms with E-state index in [4.69, 9.17) is 0 Å². The van der Waals surface area contributed by atoms with E-state index < -0.39 is 0 Å². The molecule has 1 heterocycles. The first kappa shape index (κ1) is 33.9. The van der Waals surface area contributed by atoms with Gasteiger partial charge in [0.2, 0.25) is 0 Å². The molecule has 3 aromatic rings. The van der Waals surface area contributed by atoms with Gasteiger partial charge in [-0.25, -0.2) is 4.39 Å². The van der Waals surface area contributed by atoms with Crippen molar-refractivity contribution in [2.75, 3.05) is 19.6 Å². The maximum atomic E-state index is 13.3. The predicted molar refractivity (Wildman–Crippen MR) is 172 cm³/mol. The molecule has 0 aliphatic carbocycles. The Labute approximate surface area is 247 Å². The van der Waals surface area contributed by atoms with Crippen LogP contribution in [0.2, 0.25) is 0 Å². The van der Waals surface area contributed by atoms with Crippen molar-refractivity contribution < 1.29 is 14.3 Å². The fourth-order valence-electron chi connectivity index (χ4n) is 4.95. The monoisotopic (exact) mass is 560 g/mol. The van der Waals surface area contributed by atoms with E-state index in [1.54, 1.807) is 25.1 Å². The molecule has 0 bridgehead atoms. The first-order valence-electron chi connectivity index (χ1n) is 15.0. The van der Waals surface area contributed by atoms with Gasteiger partial charge in [-0.05, 0) is 99.0 Å². The minimum atomic E-state index is -0.250. The first-order valence-corrected chi connectivity index (χ1v) is 15.0. The Bertz CT molecular complexity index is 1220. The SMILES string of the molecule is CC(=Nc1ccc(-c2cccc(F)c2)cc1)c1ccccc1O.CCC1CCCN(CC(C)C)C1.CCCC(C)=O. The van der Waals surface area contributed by atoms with E-state index >= 15 is 0 Å². The van der Waals surface area contributed by atoms with E-state index in [9.17, 15) is 14.3 Å². The molecule has 1 aliphatic rings. The summed E-state index contributed by atoms with van der Waals surface area (Å²) in [4.78, 5) is 17.2. The van der Waals surface area contributed by atoms with E-state index in [0.717, 1.165) is 47.2 Å². The molecule has 1 aliphatic heterocycles. The summed E-state index contributed by atoms with van der Waals surface area (Å²) in [7, 11) is 0. The number of nitrogens with zero attached hydrogens (tertiary/aromatic N) is 2. The largest absolute Gasteiger partial charge is 0.507 e. The molecule has 4 rings (SSSR count). The molecule has 222 valence electrons. The highest BCUT2D eigenvalue weighted by molar-refractivity contribution is 6.02. The third kappa shape index (κ3) is 12.8. The second-order valence-corrected chi connectivity index (χ2v) is 11.3. The minimum absolute atomic E-state index is 0.213. The van der Waals surface area contributed by atoms with Crippen molar-refractivity contribution in [3.8, 4) is 16.9 Å². The Morgan fingerprint density at radius 2 is 1.71 bits per heavy atom. The second kappa shape index (κ2) is 18.2. The standard InChI is InChI=1S/C20H16FNO.C11H23N.C5H10O/c1-14(19-7-2-3-8-20(19)23)22-18-11-9-15(10-12-18)16-5-4-6-17(21)13-16;1-4-11-6-5-7-12(9-11)8-10(2)3;1-3-4-5(2)6/h2-13,23H,1H3;10-11H,4-9H2,1-3H3;3-4H2,1-2H3. The summed E-state index contributed by atoms with van der Waals surface area (Å²) in [6.07, 6.45) is 5.97. The Morgan fingerprint density at radius 3 is 2.27 bits per heavy atom. The maximum absolute atomic E-state index is 13.3. The van der Waals surface area contributed by atoms with E-state index in [1.807, 2.05) is 56.3 Å². The molecule has 0 spiro atoms. The lowest BCUT2D eigenvalue weighted by Gasteiger charge is -2.33. The van der Waals surface area contributed by atoms with Crippen LogP contribution in [-0.4, -0.2) is 41.1 Å². The van der Waals surface area contributed by atoms with Crippen molar-refractivity contribution in [2.24, 2.45) is 16.8 Å². The van der Waals surface area contributed by atoms with Crippen molar-refractivity contribution in [3.05, 3.63) is 84.2 Å².